The van der Waals surface area contributed by atoms with Gasteiger partial charge in [0.1, 0.15) is 6.10 Å². The molecule has 1 aliphatic heterocycles. The largest absolute Gasteiger partial charge is 0.371 e. The van der Waals surface area contributed by atoms with Crippen molar-refractivity contribution in [2.75, 3.05) is 19.7 Å². The van der Waals surface area contributed by atoms with Gasteiger partial charge in [0, 0.05) is 25.7 Å². The molecule has 2 unspecified atom stereocenters. The van der Waals surface area contributed by atoms with E-state index in [-0.39, 0.29) is 17.6 Å². The molecule has 2 N–H and O–H groups in total. The fourth-order valence-corrected chi connectivity index (χ4v) is 2.63. The molecule has 0 amide bonds. The summed E-state index contributed by atoms with van der Waals surface area (Å²) >= 11 is 0. The van der Waals surface area contributed by atoms with E-state index in [4.69, 9.17) is 15.0 Å². The molecule has 1 saturated heterocycles. The monoisotopic (exact) mass is 282 g/mol. The fourth-order valence-electron chi connectivity index (χ4n) is 2.63. The van der Waals surface area contributed by atoms with Gasteiger partial charge in [0.05, 0.1) is 6.54 Å². The van der Waals surface area contributed by atoms with Gasteiger partial charge in [-0.2, -0.15) is 4.98 Å². The standard InChI is InChI=1S/C14H26N4O2/c1-5-19-10(2)13-16-12(20-17-13)8-18-7-6-11(15)14(3,4)9-18/h10-11H,5-9,15H2,1-4H3. The molecule has 6 nitrogen and oxygen atoms in total. The first-order valence-corrected chi connectivity index (χ1v) is 7.34. The Labute approximate surface area is 120 Å². The quantitative estimate of drug-likeness (QED) is 0.886. The smallest absolute Gasteiger partial charge is 0.240 e. The molecule has 0 saturated carbocycles. The number of piperidine rings is 1. The van der Waals surface area contributed by atoms with E-state index in [2.05, 4.69) is 28.9 Å². The Morgan fingerprint density at radius 2 is 2.30 bits per heavy atom. The van der Waals surface area contributed by atoms with E-state index in [0.29, 0.717) is 24.9 Å². The Hall–Kier alpha value is -0.980. The third-order valence-corrected chi connectivity index (χ3v) is 4.01. The van der Waals surface area contributed by atoms with Gasteiger partial charge >= 0.3 is 0 Å². The molecule has 6 heteroatoms. The Balaban J connectivity index is 1.94. The lowest BCUT2D eigenvalue weighted by atomic mass is 9.80. The number of nitrogens with two attached hydrogens (primary N) is 1. The molecule has 2 rings (SSSR count). The van der Waals surface area contributed by atoms with Crippen LogP contribution in [-0.2, 0) is 11.3 Å². The molecule has 2 atom stereocenters. The number of likely N-dealkylation sites (tertiary alicyclic amines) is 1. The molecule has 20 heavy (non-hydrogen) atoms. The second-order valence-corrected chi connectivity index (χ2v) is 6.24. The molecule has 0 bridgehead atoms. The van der Waals surface area contributed by atoms with E-state index in [1.165, 1.54) is 0 Å². The molecule has 0 aliphatic carbocycles. The fraction of sp³-hybridized carbons (Fsp3) is 0.857. The van der Waals surface area contributed by atoms with E-state index in [1.807, 2.05) is 13.8 Å². The second-order valence-electron chi connectivity index (χ2n) is 6.24. The molecule has 114 valence electrons. The highest BCUT2D eigenvalue weighted by Gasteiger charge is 2.33. The van der Waals surface area contributed by atoms with E-state index < -0.39 is 0 Å². The normalized spacial score (nSPS) is 24.8. The van der Waals surface area contributed by atoms with Crippen LogP contribution in [0, 0.1) is 5.41 Å². The summed E-state index contributed by atoms with van der Waals surface area (Å²) in [6.45, 7) is 11.6. The Kier molecular flexibility index (Phi) is 4.78. The summed E-state index contributed by atoms with van der Waals surface area (Å²) < 4.78 is 10.8. The van der Waals surface area contributed by atoms with Crippen molar-refractivity contribution >= 4 is 0 Å². The summed E-state index contributed by atoms with van der Waals surface area (Å²) in [4.78, 5) is 6.74. The van der Waals surface area contributed by atoms with Crippen LogP contribution in [0.15, 0.2) is 4.52 Å². The minimum Gasteiger partial charge on any atom is -0.371 e. The second kappa shape index (κ2) is 6.20. The van der Waals surface area contributed by atoms with Crippen LogP contribution in [0.5, 0.6) is 0 Å². The summed E-state index contributed by atoms with van der Waals surface area (Å²) in [7, 11) is 0. The molecule has 0 radical (unpaired) electrons. The highest BCUT2D eigenvalue weighted by Crippen LogP contribution is 2.28. The first-order chi connectivity index (χ1) is 9.42. The predicted octanol–water partition coefficient (Wildman–Crippen LogP) is 1.73. The Morgan fingerprint density at radius 3 is 2.95 bits per heavy atom. The van der Waals surface area contributed by atoms with Gasteiger partial charge in [-0.25, -0.2) is 0 Å². The predicted molar refractivity (Wildman–Crippen MR) is 76.0 cm³/mol. The van der Waals surface area contributed by atoms with Crippen molar-refractivity contribution < 1.29 is 9.26 Å². The van der Waals surface area contributed by atoms with Crippen molar-refractivity contribution in [3.63, 3.8) is 0 Å². The molecule has 1 fully saturated rings. The maximum atomic E-state index is 6.15. The van der Waals surface area contributed by atoms with Gasteiger partial charge < -0.3 is 15.0 Å². The van der Waals surface area contributed by atoms with Crippen LogP contribution >= 0.6 is 0 Å². The third-order valence-electron chi connectivity index (χ3n) is 4.01. The van der Waals surface area contributed by atoms with E-state index in [9.17, 15) is 0 Å². The number of ether oxygens (including phenoxy) is 1. The summed E-state index contributed by atoms with van der Waals surface area (Å²) in [5, 5.41) is 3.99. The number of hydrogen-bond donors (Lipinski definition) is 1. The lowest BCUT2D eigenvalue weighted by Crippen LogP contribution is -2.52. The zero-order valence-electron chi connectivity index (χ0n) is 12.9. The molecule has 0 spiro atoms. The summed E-state index contributed by atoms with van der Waals surface area (Å²) in [6, 6.07) is 0.259. The average Bonchev–Trinajstić information content (AvgIpc) is 2.82. The summed E-state index contributed by atoms with van der Waals surface area (Å²) in [6.07, 6.45) is 0.882. The van der Waals surface area contributed by atoms with Gasteiger partial charge in [0.25, 0.3) is 0 Å². The van der Waals surface area contributed by atoms with Gasteiger partial charge in [-0.1, -0.05) is 19.0 Å². The van der Waals surface area contributed by atoms with Crippen LogP contribution in [-0.4, -0.2) is 40.8 Å². The number of rotatable bonds is 5. The topological polar surface area (TPSA) is 77.4 Å². The van der Waals surface area contributed by atoms with E-state index in [0.717, 1.165) is 19.5 Å². The molecule has 1 aromatic rings. The van der Waals surface area contributed by atoms with Crippen molar-refractivity contribution in [2.24, 2.45) is 11.1 Å². The lowest BCUT2D eigenvalue weighted by molar-refractivity contribution is 0.0682. The third kappa shape index (κ3) is 3.56. The van der Waals surface area contributed by atoms with Crippen molar-refractivity contribution in [3.05, 3.63) is 11.7 Å². The molecular formula is C14H26N4O2. The average molecular weight is 282 g/mol. The van der Waals surface area contributed by atoms with Gasteiger partial charge in [0.15, 0.2) is 5.82 Å². The van der Waals surface area contributed by atoms with Crippen LogP contribution < -0.4 is 5.73 Å². The van der Waals surface area contributed by atoms with Crippen molar-refractivity contribution in [1.29, 1.82) is 0 Å². The van der Waals surface area contributed by atoms with Crippen LogP contribution in [0.2, 0.25) is 0 Å². The van der Waals surface area contributed by atoms with Crippen molar-refractivity contribution in [1.82, 2.24) is 15.0 Å². The Morgan fingerprint density at radius 1 is 1.55 bits per heavy atom. The molecule has 0 aromatic carbocycles. The number of hydrogen-bond acceptors (Lipinski definition) is 6. The molecule has 1 aromatic heterocycles. The van der Waals surface area contributed by atoms with Crippen molar-refractivity contribution in [2.45, 2.75) is 52.8 Å². The first kappa shape index (κ1) is 15.4. The van der Waals surface area contributed by atoms with Crippen LogP contribution in [0.3, 0.4) is 0 Å². The van der Waals surface area contributed by atoms with Gasteiger partial charge in [-0.15, -0.1) is 0 Å². The van der Waals surface area contributed by atoms with Gasteiger partial charge in [0.2, 0.25) is 5.89 Å². The van der Waals surface area contributed by atoms with E-state index >= 15 is 0 Å². The SMILES string of the molecule is CCOC(C)c1noc(CN2CCC(N)C(C)(C)C2)n1. The van der Waals surface area contributed by atoms with Crippen LogP contribution in [0.4, 0.5) is 0 Å². The Bertz CT molecular complexity index is 433. The highest BCUT2D eigenvalue weighted by atomic mass is 16.5. The van der Waals surface area contributed by atoms with Gasteiger partial charge in [-0.3, -0.25) is 4.90 Å². The molecule has 2 heterocycles. The van der Waals surface area contributed by atoms with E-state index in [1.54, 1.807) is 0 Å². The molecular weight excluding hydrogens is 256 g/mol. The maximum absolute atomic E-state index is 6.15. The minimum atomic E-state index is -0.122. The van der Waals surface area contributed by atoms with Crippen LogP contribution in [0.25, 0.3) is 0 Å². The minimum absolute atomic E-state index is 0.122. The molecule has 1 aliphatic rings. The lowest BCUT2D eigenvalue weighted by Gasteiger charge is -2.42. The van der Waals surface area contributed by atoms with Crippen LogP contribution in [0.1, 0.15) is 51.9 Å². The van der Waals surface area contributed by atoms with Gasteiger partial charge in [-0.05, 0) is 25.7 Å². The highest BCUT2D eigenvalue weighted by molar-refractivity contribution is 4.93. The van der Waals surface area contributed by atoms with Crippen molar-refractivity contribution in [3.8, 4) is 0 Å². The maximum Gasteiger partial charge on any atom is 0.240 e. The zero-order chi connectivity index (χ0) is 14.8. The summed E-state index contributed by atoms with van der Waals surface area (Å²) in [5.41, 5.74) is 6.28. The first-order valence-electron chi connectivity index (χ1n) is 7.34. The number of nitrogens with zero attached hydrogens (tertiary/aromatic N) is 3. The summed E-state index contributed by atoms with van der Waals surface area (Å²) in [5.74, 6) is 1.27. The number of aromatic nitrogens is 2. The zero-order valence-corrected chi connectivity index (χ0v) is 12.9.